The summed E-state index contributed by atoms with van der Waals surface area (Å²) in [4.78, 5) is 12.0. The van der Waals surface area contributed by atoms with Crippen molar-refractivity contribution in [1.82, 2.24) is 14.5 Å². The second-order valence-corrected chi connectivity index (χ2v) is 8.21. The molecule has 3 aromatic rings. The molecule has 0 bridgehead atoms. The number of rotatable bonds is 4. The average Bonchev–Trinajstić information content (AvgIpc) is 3.41. The van der Waals surface area contributed by atoms with Crippen LogP contribution in [0.15, 0.2) is 65.9 Å². The van der Waals surface area contributed by atoms with Crippen LogP contribution in [-0.2, 0) is 9.57 Å². The Kier molecular flexibility index (Phi) is 5.28. The molecule has 0 spiro atoms. The molecule has 2 aliphatic rings. The van der Waals surface area contributed by atoms with Gasteiger partial charge in [0, 0.05) is 6.20 Å². The first-order chi connectivity index (χ1) is 15.9. The first-order valence-electron chi connectivity index (χ1n) is 10.8. The van der Waals surface area contributed by atoms with Crippen molar-refractivity contribution in [3.8, 4) is 11.4 Å². The van der Waals surface area contributed by atoms with Gasteiger partial charge in [-0.25, -0.2) is 9.37 Å². The number of methoxy groups -OCH3 is 1. The first kappa shape index (κ1) is 21.1. The van der Waals surface area contributed by atoms with E-state index in [2.05, 4.69) is 15.0 Å². The summed E-state index contributed by atoms with van der Waals surface area (Å²) in [6.45, 7) is 5.88. The van der Waals surface area contributed by atoms with Crippen LogP contribution in [-0.4, -0.2) is 39.7 Å². The predicted octanol–water partition coefficient (Wildman–Crippen LogP) is 4.82. The van der Waals surface area contributed by atoms with Crippen LogP contribution in [0.25, 0.3) is 11.8 Å². The molecule has 2 aliphatic heterocycles. The molecule has 0 radical (unpaired) electrons. The van der Waals surface area contributed by atoms with Gasteiger partial charge in [-0.05, 0) is 62.2 Å². The molecule has 0 saturated carbocycles. The third-order valence-electron chi connectivity index (χ3n) is 5.91. The number of halogens is 1. The van der Waals surface area contributed by atoms with E-state index in [4.69, 9.17) is 14.3 Å². The molecule has 33 heavy (non-hydrogen) atoms. The van der Waals surface area contributed by atoms with Gasteiger partial charge in [0.2, 0.25) is 5.84 Å². The number of hydrogen-bond donors (Lipinski definition) is 0. The second-order valence-electron chi connectivity index (χ2n) is 8.21. The third-order valence-corrected chi connectivity index (χ3v) is 5.91. The minimum absolute atomic E-state index is 0.152. The molecular weight excluding hydrogens is 423 g/mol. The summed E-state index contributed by atoms with van der Waals surface area (Å²) in [7, 11) is 1.64. The van der Waals surface area contributed by atoms with Gasteiger partial charge >= 0.3 is 0 Å². The van der Waals surface area contributed by atoms with Crippen LogP contribution in [0.2, 0.25) is 0 Å². The largest absolute Gasteiger partial charge is 0.495 e. The summed E-state index contributed by atoms with van der Waals surface area (Å²) in [6.07, 6.45) is 5.15. The molecule has 0 N–H and O–H groups in total. The van der Waals surface area contributed by atoms with E-state index in [0.717, 1.165) is 22.5 Å². The summed E-state index contributed by atoms with van der Waals surface area (Å²) in [5.74, 6) is 1.66. The van der Waals surface area contributed by atoms with Crippen molar-refractivity contribution in [2.75, 3.05) is 7.11 Å². The lowest BCUT2D eigenvalue weighted by Crippen LogP contribution is -2.48. The monoisotopic (exact) mass is 448 g/mol. The molecule has 8 heteroatoms. The van der Waals surface area contributed by atoms with Gasteiger partial charge in [0.25, 0.3) is 0 Å². The summed E-state index contributed by atoms with van der Waals surface area (Å²) in [5, 5.41) is 4.29. The Morgan fingerprint density at radius 2 is 1.91 bits per heavy atom. The van der Waals surface area contributed by atoms with Gasteiger partial charge in [0.05, 0.1) is 30.9 Å². The van der Waals surface area contributed by atoms with E-state index in [-0.39, 0.29) is 24.2 Å². The number of aromatic nitrogens is 2. The number of hydrogen-bond acceptors (Lipinski definition) is 6. The predicted molar refractivity (Wildman–Crippen MR) is 122 cm³/mol. The average molecular weight is 448 g/mol. The maximum Gasteiger partial charge on any atom is 0.214 e. The molecule has 1 fully saturated rings. The fourth-order valence-corrected chi connectivity index (χ4v) is 4.36. The summed E-state index contributed by atoms with van der Waals surface area (Å²) >= 11 is 0. The number of oxime groups is 1. The van der Waals surface area contributed by atoms with Crippen LogP contribution in [0.1, 0.15) is 36.7 Å². The molecule has 1 aromatic heterocycles. The first-order valence-corrected chi connectivity index (χ1v) is 10.8. The smallest absolute Gasteiger partial charge is 0.214 e. The van der Waals surface area contributed by atoms with Crippen molar-refractivity contribution in [3.05, 3.63) is 83.4 Å². The van der Waals surface area contributed by atoms with Crippen molar-refractivity contribution in [3.63, 3.8) is 0 Å². The van der Waals surface area contributed by atoms with Crippen LogP contribution in [0.5, 0.6) is 5.75 Å². The Morgan fingerprint density at radius 1 is 1.12 bits per heavy atom. The van der Waals surface area contributed by atoms with Crippen molar-refractivity contribution < 1.29 is 18.7 Å². The van der Waals surface area contributed by atoms with Crippen molar-refractivity contribution in [2.45, 2.75) is 39.1 Å². The molecule has 3 atom stereocenters. The molecule has 1 unspecified atom stereocenters. The summed E-state index contributed by atoms with van der Waals surface area (Å²) < 4.78 is 27.3. The Bertz CT molecular complexity index is 1230. The molecule has 170 valence electrons. The van der Waals surface area contributed by atoms with E-state index in [1.165, 1.54) is 12.1 Å². The van der Waals surface area contributed by atoms with Gasteiger partial charge in [0.15, 0.2) is 12.0 Å². The highest BCUT2D eigenvalue weighted by Gasteiger charge is 2.44. The molecule has 3 heterocycles. The highest BCUT2D eigenvalue weighted by molar-refractivity contribution is 6.01. The number of aryl methyl sites for hydroxylation is 1. The lowest BCUT2D eigenvalue weighted by atomic mass is 9.97. The van der Waals surface area contributed by atoms with Gasteiger partial charge in [-0.3, -0.25) is 0 Å². The minimum Gasteiger partial charge on any atom is -0.495 e. The number of amidine groups is 1. The Labute approximate surface area is 191 Å². The van der Waals surface area contributed by atoms with Crippen LogP contribution in [0.4, 0.5) is 4.39 Å². The SMILES string of the molecule is COc1cc(C=C2O[C@H](C)C(c3ccc(F)cc3)N3C2=NO[C@@H]3C)ccc1-n1cnc(C)c1. The Hall–Kier alpha value is -3.81. The second kappa shape index (κ2) is 8.27. The van der Waals surface area contributed by atoms with Crippen LogP contribution in [0, 0.1) is 12.7 Å². The Balaban J connectivity index is 1.49. The topological polar surface area (TPSA) is 61.1 Å². The highest BCUT2D eigenvalue weighted by Crippen LogP contribution is 2.39. The van der Waals surface area contributed by atoms with Gasteiger partial charge in [0.1, 0.15) is 17.7 Å². The van der Waals surface area contributed by atoms with Gasteiger partial charge < -0.3 is 23.8 Å². The molecule has 5 rings (SSSR count). The van der Waals surface area contributed by atoms with Crippen LogP contribution in [0.3, 0.4) is 0 Å². The number of fused-ring (bicyclic) bond motifs is 1. The maximum atomic E-state index is 13.5. The minimum atomic E-state index is -0.272. The zero-order valence-electron chi connectivity index (χ0n) is 18.9. The molecule has 0 aliphatic carbocycles. The van der Waals surface area contributed by atoms with E-state index in [9.17, 15) is 4.39 Å². The summed E-state index contributed by atoms with van der Waals surface area (Å²) in [5.41, 5.74) is 3.66. The van der Waals surface area contributed by atoms with Crippen LogP contribution < -0.4 is 4.74 Å². The lowest BCUT2D eigenvalue weighted by molar-refractivity contribution is -0.0358. The fourth-order valence-electron chi connectivity index (χ4n) is 4.36. The van der Waals surface area contributed by atoms with Crippen molar-refractivity contribution in [1.29, 1.82) is 0 Å². The summed E-state index contributed by atoms with van der Waals surface area (Å²) in [6, 6.07) is 12.2. The van der Waals surface area contributed by atoms with E-state index < -0.39 is 0 Å². The fraction of sp³-hybridized carbons (Fsp3) is 0.280. The maximum absolute atomic E-state index is 13.5. The number of morpholine rings is 1. The number of imidazole rings is 1. The van der Waals surface area contributed by atoms with E-state index in [1.54, 1.807) is 25.6 Å². The van der Waals surface area contributed by atoms with E-state index >= 15 is 0 Å². The molecule has 2 aromatic carbocycles. The Morgan fingerprint density at radius 3 is 2.61 bits per heavy atom. The van der Waals surface area contributed by atoms with E-state index in [0.29, 0.717) is 17.3 Å². The third kappa shape index (κ3) is 3.82. The highest BCUT2D eigenvalue weighted by atomic mass is 19.1. The molecule has 1 saturated heterocycles. The zero-order chi connectivity index (χ0) is 23.1. The normalized spacial score (nSPS) is 23.1. The van der Waals surface area contributed by atoms with Crippen molar-refractivity contribution in [2.24, 2.45) is 5.16 Å². The zero-order valence-corrected chi connectivity index (χ0v) is 18.9. The van der Waals surface area contributed by atoms with Crippen molar-refractivity contribution >= 4 is 11.9 Å². The molecule has 0 amide bonds. The van der Waals surface area contributed by atoms with Crippen LogP contribution >= 0.6 is 0 Å². The van der Waals surface area contributed by atoms with E-state index in [1.807, 2.05) is 55.8 Å². The number of nitrogens with zero attached hydrogens (tertiary/aromatic N) is 4. The van der Waals surface area contributed by atoms with Gasteiger partial charge in [-0.2, -0.15) is 0 Å². The standard InChI is InChI=1S/C25H25FN4O3/c1-15-13-29(14-27-15)21-10-5-18(11-22(21)31-4)12-23-25-28-33-17(3)30(25)24(16(2)32-23)19-6-8-20(26)9-7-19/h5-14,16-17,24H,1-4H3/t16-,17-,24?/m1/s1. The van der Waals surface area contributed by atoms with Gasteiger partial charge in [-0.1, -0.05) is 23.4 Å². The lowest BCUT2D eigenvalue weighted by Gasteiger charge is -2.41. The van der Waals surface area contributed by atoms with Gasteiger partial charge in [-0.15, -0.1) is 0 Å². The number of ether oxygens (including phenoxy) is 2. The molecular formula is C25H25FN4O3. The quantitative estimate of drug-likeness (QED) is 0.573. The molecule has 7 nitrogen and oxygen atoms in total. The number of benzene rings is 2.